The molecule has 0 radical (unpaired) electrons. The first-order valence-electron chi connectivity index (χ1n) is 7.47. The smallest absolute Gasteiger partial charge is 0.225 e. The fraction of sp³-hybridized carbons (Fsp3) is 0.733. The summed E-state index contributed by atoms with van der Waals surface area (Å²) in [6, 6.07) is 0. The maximum Gasteiger partial charge on any atom is 0.225 e. The van der Waals surface area contributed by atoms with Crippen LogP contribution in [0.5, 0.6) is 0 Å². The van der Waals surface area contributed by atoms with E-state index in [0.29, 0.717) is 5.54 Å². The molecule has 20 heavy (non-hydrogen) atoms. The lowest BCUT2D eigenvalue weighted by Crippen LogP contribution is -2.57. The predicted octanol–water partition coefficient (Wildman–Crippen LogP) is 1.51. The molecule has 1 aliphatic rings. The highest BCUT2D eigenvalue weighted by molar-refractivity contribution is 5.30. The Labute approximate surface area is 122 Å². The maximum atomic E-state index is 4.49. The van der Waals surface area contributed by atoms with Gasteiger partial charge in [-0.25, -0.2) is 9.97 Å². The number of aromatic nitrogens is 2. The third-order valence-electron chi connectivity index (χ3n) is 4.38. The summed E-state index contributed by atoms with van der Waals surface area (Å²) in [5.74, 6) is 0.818. The van der Waals surface area contributed by atoms with Gasteiger partial charge in [-0.2, -0.15) is 0 Å². The Balaban J connectivity index is 1.96. The van der Waals surface area contributed by atoms with Crippen LogP contribution in [0.4, 0.5) is 5.95 Å². The molecule has 0 aromatic carbocycles. The van der Waals surface area contributed by atoms with Crippen molar-refractivity contribution in [1.82, 2.24) is 20.2 Å². The zero-order valence-corrected chi connectivity index (χ0v) is 13.2. The highest BCUT2D eigenvalue weighted by Gasteiger charge is 2.40. The van der Waals surface area contributed by atoms with Gasteiger partial charge in [0.15, 0.2) is 0 Å². The minimum absolute atomic E-state index is 0.306. The first-order valence-corrected chi connectivity index (χ1v) is 7.47. The predicted molar refractivity (Wildman–Crippen MR) is 83.0 cm³/mol. The van der Waals surface area contributed by atoms with Gasteiger partial charge in [0.1, 0.15) is 0 Å². The Morgan fingerprint density at radius 1 is 1.20 bits per heavy atom. The molecular weight excluding hydrogens is 250 g/mol. The van der Waals surface area contributed by atoms with Crippen molar-refractivity contribution in [2.45, 2.75) is 38.3 Å². The molecule has 112 valence electrons. The quantitative estimate of drug-likeness (QED) is 0.818. The molecule has 1 aromatic heterocycles. The van der Waals surface area contributed by atoms with Crippen molar-refractivity contribution >= 4 is 5.95 Å². The fourth-order valence-electron chi connectivity index (χ4n) is 2.75. The van der Waals surface area contributed by atoms with E-state index in [1.165, 1.54) is 19.3 Å². The molecule has 1 aliphatic carbocycles. The van der Waals surface area contributed by atoms with Crippen LogP contribution in [0.15, 0.2) is 12.4 Å². The Kier molecular flexibility index (Phi) is 4.94. The molecule has 0 unspecified atom stereocenters. The zero-order chi connectivity index (χ0) is 14.6. The van der Waals surface area contributed by atoms with E-state index in [1.807, 2.05) is 12.4 Å². The van der Waals surface area contributed by atoms with Crippen LogP contribution < -0.4 is 10.2 Å². The molecule has 1 aromatic rings. The molecule has 1 fully saturated rings. The number of hydrogen-bond donors (Lipinski definition) is 1. The van der Waals surface area contributed by atoms with Gasteiger partial charge in [-0.15, -0.1) is 0 Å². The summed E-state index contributed by atoms with van der Waals surface area (Å²) in [4.78, 5) is 13.5. The lowest BCUT2D eigenvalue weighted by Gasteiger charge is -2.49. The molecule has 0 amide bonds. The highest BCUT2D eigenvalue weighted by atomic mass is 15.3. The standard InChI is InChI=1S/C15H27N5/c1-5-16-9-13-10-17-14(18-11-13)20(4)12-15(19(2)3)7-6-8-15/h10-11,16H,5-9,12H2,1-4H3. The third-order valence-corrected chi connectivity index (χ3v) is 4.38. The summed E-state index contributed by atoms with van der Waals surface area (Å²) >= 11 is 0. The molecule has 0 bridgehead atoms. The molecule has 1 saturated carbocycles. The Hall–Kier alpha value is -1.20. The summed E-state index contributed by atoms with van der Waals surface area (Å²) in [7, 11) is 6.43. The van der Waals surface area contributed by atoms with Crippen LogP contribution in [0.2, 0.25) is 0 Å². The van der Waals surface area contributed by atoms with E-state index in [-0.39, 0.29) is 0 Å². The van der Waals surface area contributed by atoms with Gasteiger partial charge in [0.05, 0.1) is 0 Å². The lowest BCUT2D eigenvalue weighted by atomic mass is 9.75. The van der Waals surface area contributed by atoms with Crippen molar-refractivity contribution in [2.24, 2.45) is 0 Å². The van der Waals surface area contributed by atoms with Crippen molar-refractivity contribution in [3.05, 3.63) is 18.0 Å². The van der Waals surface area contributed by atoms with Crippen molar-refractivity contribution in [1.29, 1.82) is 0 Å². The van der Waals surface area contributed by atoms with Crippen LogP contribution >= 0.6 is 0 Å². The minimum atomic E-state index is 0.306. The van der Waals surface area contributed by atoms with Gasteiger partial charge in [-0.1, -0.05) is 6.92 Å². The number of nitrogens with zero attached hydrogens (tertiary/aromatic N) is 4. The van der Waals surface area contributed by atoms with E-state index in [2.05, 4.69) is 53.2 Å². The molecule has 0 saturated heterocycles. The summed E-state index contributed by atoms with van der Waals surface area (Å²) in [6.07, 6.45) is 7.70. The topological polar surface area (TPSA) is 44.3 Å². The van der Waals surface area contributed by atoms with Gasteiger partial charge in [0.2, 0.25) is 5.95 Å². The van der Waals surface area contributed by atoms with E-state index in [4.69, 9.17) is 0 Å². The van der Waals surface area contributed by atoms with E-state index in [9.17, 15) is 0 Å². The molecule has 0 spiro atoms. The summed E-state index contributed by atoms with van der Waals surface area (Å²) in [5, 5.41) is 3.28. The fourth-order valence-corrected chi connectivity index (χ4v) is 2.75. The maximum absolute atomic E-state index is 4.49. The first kappa shape index (κ1) is 15.2. The SMILES string of the molecule is CCNCc1cnc(N(C)CC2(N(C)C)CCC2)nc1. The first-order chi connectivity index (χ1) is 9.57. The molecule has 0 atom stereocenters. The molecular formula is C15H27N5. The molecule has 5 nitrogen and oxygen atoms in total. The van der Waals surface area contributed by atoms with E-state index in [1.54, 1.807) is 0 Å². The lowest BCUT2D eigenvalue weighted by molar-refractivity contribution is 0.0680. The van der Waals surface area contributed by atoms with E-state index in [0.717, 1.165) is 31.1 Å². The van der Waals surface area contributed by atoms with Crippen molar-refractivity contribution in [2.75, 3.05) is 39.1 Å². The minimum Gasteiger partial charge on any atom is -0.342 e. The van der Waals surface area contributed by atoms with Gasteiger partial charge in [0, 0.05) is 43.6 Å². The van der Waals surface area contributed by atoms with Gasteiger partial charge < -0.3 is 15.1 Å². The summed E-state index contributed by atoms with van der Waals surface area (Å²) in [5.41, 5.74) is 1.44. The van der Waals surface area contributed by atoms with Crippen molar-refractivity contribution in [3.63, 3.8) is 0 Å². The van der Waals surface area contributed by atoms with Crippen LogP contribution in [-0.2, 0) is 6.54 Å². The second-order valence-electron chi connectivity index (χ2n) is 6.00. The van der Waals surface area contributed by atoms with E-state index >= 15 is 0 Å². The number of anilines is 1. The molecule has 0 aliphatic heterocycles. The van der Waals surface area contributed by atoms with Crippen molar-refractivity contribution < 1.29 is 0 Å². The van der Waals surface area contributed by atoms with Gasteiger partial charge in [-0.05, 0) is 39.9 Å². The van der Waals surface area contributed by atoms with Crippen molar-refractivity contribution in [3.8, 4) is 0 Å². The third kappa shape index (κ3) is 3.27. The number of likely N-dealkylation sites (N-methyl/N-ethyl adjacent to an activating group) is 2. The highest BCUT2D eigenvalue weighted by Crippen LogP contribution is 2.37. The molecule has 5 heteroatoms. The van der Waals surface area contributed by atoms with Gasteiger partial charge in [-0.3, -0.25) is 0 Å². The number of nitrogens with one attached hydrogen (secondary N) is 1. The molecule has 2 rings (SSSR count). The van der Waals surface area contributed by atoms with Crippen LogP contribution in [0.1, 0.15) is 31.7 Å². The summed E-state index contributed by atoms with van der Waals surface area (Å²) < 4.78 is 0. The van der Waals surface area contributed by atoms with Crippen LogP contribution in [0.25, 0.3) is 0 Å². The Bertz CT molecular complexity index is 411. The normalized spacial score (nSPS) is 17.1. The second kappa shape index (κ2) is 6.50. The van der Waals surface area contributed by atoms with Crippen LogP contribution in [0.3, 0.4) is 0 Å². The van der Waals surface area contributed by atoms with Gasteiger partial charge >= 0.3 is 0 Å². The zero-order valence-electron chi connectivity index (χ0n) is 13.2. The number of hydrogen-bond acceptors (Lipinski definition) is 5. The van der Waals surface area contributed by atoms with E-state index < -0.39 is 0 Å². The van der Waals surface area contributed by atoms with Gasteiger partial charge in [0.25, 0.3) is 0 Å². The number of rotatable bonds is 7. The second-order valence-corrected chi connectivity index (χ2v) is 6.00. The monoisotopic (exact) mass is 277 g/mol. The van der Waals surface area contributed by atoms with Crippen LogP contribution in [-0.4, -0.2) is 54.6 Å². The summed E-state index contributed by atoms with van der Waals surface area (Å²) in [6.45, 7) is 4.89. The largest absolute Gasteiger partial charge is 0.342 e. The molecule has 1 N–H and O–H groups in total. The Morgan fingerprint density at radius 2 is 1.85 bits per heavy atom. The average Bonchev–Trinajstić information content (AvgIpc) is 2.40. The van der Waals surface area contributed by atoms with Crippen LogP contribution in [0, 0.1) is 0 Å². The Morgan fingerprint density at radius 3 is 2.30 bits per heavy atom. The average molecular weight is 277 g/mol. The molecule has 1 heterocycles.